The third-order valence-corrected chi connectivity index (χ3v) is 2.98. The topological polar surface area (TPSA) is 31.4 Å². The van der Waals surface area contributed by atoms with Crippen LogP contribution in [0.1, 0.15) is 25.3 Å². The van der Waals surface area contributed by atoms with Gasteiger partial charge in [0.15, 0.2) is 0 Å². The van der Waals surface area contributed by atoms with Gasteiger partial charge >= 0.3 is 0 Å². The molecule has 0 aromatic carbocycles. The SMILES string of the molecule is CCCNc1ccc(CN(C)CCCN(C)C)cn1. The Morgan fingerprint density at radius 1 is 1.16 bits per heavy atom. The number of nitrogens with zero attached hydrogens (tertiary/aromatic N) is 3. The molecule has 0 spiro atoms. The molecule has 1 aromatic rings. The Morgan fingerprint density at radius 2 is 1.95 bits per heavy atom. The second-order valence-corrected chi connectivity index (χ2v) is 5.37. The number of hydrogen-bond donors (Lipinski definition) is 1. The zero-order valence-electron chi connectivity index (χ0n) is 12.8. The summed E-state index contributed by atoms with van der Waals surface area (Å²) in [6.07, 6.45) is 4.30. The van der Waals surface area contributed by atoms with Crippen LogP contribution in [0.3, 0.4) is 0 Å². The molecule has 0 atom stereocenters. The van der Waals surface area contributed by atoms with Crippen LogP contribution in [0.2, 0.25) is 0 Å². The van der Waals surface area contributed by atoms with Crippen molar-refractivity contribution in [2.24, 2.45) is 0 Å². The van der Waals surface area contributed by atoms with Gasteiger partial charge in [-0.05, 0) is 58.7 Å². The van der Waals surface area contributed by atoms with Gasteiger partial charge in [-0.15, -0.1) is 0 Å². The third kappa shape index (κ3) is 7.13. The molecule has 0 aliphatic heterocycles. The van der Waals surface area contributed by atoms with Gasteiger partial charge in [-0.1, -0.05) is 13.0 Å². The summed E-state index contributed by atoms with van der Waals surface area (Å²) in [6.45, 7) is 6.37. The Hall–Kier alpha value is -1.13. The average molecular weight is 264 g/mol. The van der Waals surface area contributed by atoms with Gasteiger partial charge in [0.1, 0.15) is 5.82 Å². The van der Waals surface area contributed by atoms with Gasteiger partial charge < -0.3 is 15.1 Å². The fraction of sp³-hybridized carbons (Fsp3) is 0.667. The molecule has 1 aromatic heterocycles. The van der Waals surface area contributed by atoms with E-state index in [0.29, 0.717) is 0 Å². The van der Waals surface area contributed by atoms with Gasteiger partial charge in [0.25, 0.3) is 0 Å². The molecule has 0 aliphatic carbocycles. The Bertz CT molecular complexity index is 335. The van der Waals surface area contributed by atoms with Crippen molar-refractivity contribution in [3.8, 4) is 0 Å². The highest BCUT2D eigenvalue weighted by molar-refractivity contribution is 5.35. The summed E-state index contributed by atoms with van der Waals surface area (Å²) in [5.41, 5.74) is 1.27. The van der Waals surface area contributed by atoms with Crippen molar-refractivity contribution < 1.29 is 0 Å². The summed E-state index contributed by atoms with van der Waals surface area (Å²) >= 11 is 0. The van der Waals surface area contributed by atoms with Crippen LogP contribution >= 0.6 is 0 Å². The van der Waals surface area contributed by atoms with Crippen molar-refractivity contribution in [3.63, 3.8) is 0 Å². The van der Waals surface area contributed by atoms with E-state index in [9.17, 15) is 0 Å². The minimum absolute atomic E-state index is 0.967. The lowest BCUT2D eigenvalue weighted by molar-refractivity contribution is 0.294. The first kappa shape index (κ1) is 15.9. The number of rotatable bonds is 9. The molecule has 1 N–H and O–H groups in total. The van der Waals surface area contributed by atoms with Crippen LogP contribution < -0.4 is 5.32 Å². The molecular formula is C15H28N4. The number of aromatic nitrogens is 1. The lowest BCUT2D eigenvalue weighted by Gasteiger charge is -2.18. The molecule has 4 heteroatoms. The summed E-state index contributed by atoms with van der Waals surface area (Å²) < 4.78 is 0. The Labute approximate surface area is 117 Å². The summed E-state index contributed by atoms with van der Waals surface area (Å²) in [4.78, 5) is 9.00. The van der Waals surface area contributed by atoms with Gasteiger partial charge in [0.2, 0.25) is 0 Å². The first-order valence-corrected chi connectivity index (χ1v) is 7.14. The van der Waals surface area contributed by atoms with Crippen LogP contribution in [-0.4, -0.2) is 55.6 Å². The van der Waals surface area contributed by atoms with Crippen molar-refractivity contribution in [1.82, 2.24) is 14.8 Å². The van der Waals surface area contributed by atoms with Gasteiger partial charge in [-0.2, -0.15) is 0 Å². The summed E-state index contributed by atoms with van der Waals surface area (Å²) in [6, 6.07) is 4.23. The van der Waals surface area contributed by atoms with Crippen LogP contribution in [-0.2, 0) is 6.54 Å². The molecule has 0 amide bonds. The quantitative estimate of drug-likeness (QED) is 0.741. The molecule has 0 bridgehead atoms. The number of hydrogen-bond acceptors (Lipinski definition) is 4. The summed E-state index contributed by atoms with van der Waals surface area (Å²) in [5.74, 6) is 0.973. The average Bonchev–Trinajstić information content (AvgIpc) is 2.37. The molecule has 0 radical (unpaired) electrons. The molecule has 0 fully saturated rings. The standard InChI is InChI=1S/C15H28N4/c1-5-9-16-15-8-7-14(12-17-15)13-19(4)11-6-10-18(2)3/h7-8,12H,5-6,9-11,13H2,1-4H3,(H,16,17). The Kier molecular flexibility index (Phi) is 7.45. The van der Waals surface area contributed by atoms with E-state index in [1.165, 1.54) is 12.0 Å². The number of nitrogens with one attached hydrogen (secondary N) is 1. The van der Waals surface area contributed by atoms with Gasteiger partial charge in [-0.3, -0.25) is 0 Å². The molecule has 108 valence electrons. The fourth-order valence-corrected chi connectivity index (χ4v) is 1.92. The van der Waals surface area contributed by atoms with Gasteiger partial charge in [0.05, 0.1) is 0 Å². The number of pyridine rings is 1. The second-order valence-electron chi connectivity index (χ2n) is 5.37. The van der Waals surface area contributed by atoms with Crippen molar-refractivity contribution in [1.29, 1.82) is 0 Å². The smallest absolute Gasteiger partial charge is 0.125 e. The van der Waals surface area contributed by atoms with Crippen LogP contribution in [0, 0.1) is 0 Å². The Morgan fingerprint density at radius 3 is 2.53 bits per heavy atom. The first-order chi connectivity index (χ1) is 9.11. The zero-order valence-corrected chi connectivity index (χ0v) is 12.8. The monoisotopic (exact) mass is 264 g/mol. The largest absolute Gasteiger partial charge is 0.370 e. The lowest BCUT2D eigenvalue weighted by atomic mass is 10.2. The van der Waals surface area contributed by atoms with Crippen LogP contribution in [0.15, 0.2) is 18.3 Å². The lowest BCUT2D eigenvalue weighted by Crippen LogP contribution is -2.23. The van der Waals surface area contributed by atoms with E-state index >= 15 is 0 Å². The van der Waals surface area contributed by atoms with Crippen molar-refractivity contribution >= 4 is 5.82 Å². The third-order valence-electron chi connectivity index (χ3n) is 2.98. The fourth-order valence-electron chi connectivity index (χ4n) is 1.92. The van der Waals surface area contributed by atoms with Crippen molar-refractivity contribution in [2.45, 2.75) is 26.3 Å². The van der Waals surface area contributed by atoms with E-state index in [4.69, 9.17) is 0 Å². The predicted molar refractivity (Wildman–Crippen MR) is 82.5 cm³/mol. The highest BCUT2D eigenvalue weighted by atomic mass is 15.1. The molecule has 0 saturated heterocycles. The molecule has 4 nitrogen and oxygen atoms in total. The molecule has 0 saturated carbocycles. The molecule has 19 heavy (non-hydrogen) atoms. The Balaban J connectivity index is 2.31. The molecule has 0 unspecified atom stereocenters. The second kappa shape index (κ2) is 8.88. The molecule has 1 heterocycles. The van der Waals surface area contributed by atoms with Crippen LogP contribution in [0.4, 0.5) is 5.82 Å². The highest BCUT2D eigenvalue weighted by Gasteiger charge is 2.01. The summed E-state index contributed by atoms with van der Waals surface area (Å²) in [7, 11) is 6.40. The van der Waals surface area contributed by atoms with Crippen molar-refractivity contribution in [3.05, 3.63) is 23.9 Å². The van der Waals surface area contributed by atoms with Gasteiger partial charge in [-0.25, -0.2) is 4.98 Å². The minimum atomic E-state index is 0.967. The predicted octanol–water partition coefficient (Wildman–Crippen LogP) is 2.29. The minimum Gasteiger partial charge on any atom is -0.370 e. The van der Waals surface area contributed by atoms with Gasteiger partial charge in [0, 0.05) is 19.3 Å². The van der Waals surface area contributed by atoms with E-state index in [1.807, 2.05) is 6.20 Å². The van der Waals surface area contributed by atoms with Crippen LogP contribution in [0.5, 0.6) is 0 Å². The van der Waals surface area contributed by atoms with Crippen molar-refractivity contribution in [2.75, 3.05) is 46.1 Å². The first-order valence-electron chi connectivity index (χ1n) is 7.14. The highest BCUT2D eigenvalue weighted by Crippen LogP contribution is 2.07. The van der Waals surface area contributed by atoms with Crippen LogP contribution in [0.25, 0.3) is 0 Å². The normalized spacial score (nSPS) is 11.3. The van der Waals surface area contributed by atoms with E-state index in [2.05, 4.69) is 60.3 Å². The molecule has 0 aliphatic rings. The maximum atomic E-state index is 4.43. The van der Waals surface area contributed by atoms with E-state index < -0.39 is 0 Å². The van der Waals surface area contributed by atoms with E-state index in [1.54, 1.807) is 0 Å². The molecule has 1 rings (SSSR count). The zero-order chi connectivity index (χ0) is 14.1. The maximum Gasteiger partial charge on any atom is 0.125 e. The van der Waals surface area contributed by atoms with E-state index in [-0.39, 0.29) is 0 Å². The summed E-state index contributed by atoms with van der Waals surface area (Å²) in [5, 5.41) is 3.29. The maximum absolute atomic E-state index is 4.43. The van der Waals surface area contributed by atoms with E-state index in [0.717, 1.165) is 38.4 Å². The number of anilines is 1. The molecular weight excluding hydrogens is 236 g/mol.